The molecule has 0 aliphatic heterocycles. The largest absolute Gasteiger partial charge is 0.481 e. The zero-order valence-corrected chi connectivity index (χ0v) is 18.7. The van der Waals surface area contributed by atoms with Gasteiger partial charge in [0.05, 0.1) is 11.3 Å². The number of hydrogen-bond acceptors (Lipinski definition) is 4. The zero-order chi connectivity index (χ0) is 24.8. The number of benzene rings is 3. The van der Waals surface area contributed by atoms with Gasteiger partial charge in [-0.2, -0.15) is 0 Å². The van der Waals surface area contributed by atoms with Crippen molar-refractivity contribution < 1.29 is 29.4 Å². The molecule has 3 amide bonds. The third-order valence-corrected chi connectivity index (χ3v) is 5.35. The maximum Gasteiger partial charge on any atom is 0.326 e. The molecule has 3 aromatic rings. The van der Waals surface area contributed by atoms with Gasteiger partial charge in [0.2, 0.25) is 0 Å². The lowest BCUT2D eigenvalue weighted by molar-refractivity contribution is -0.140. The van der Waals surface area contributed by atoms with Crippen molar-refractivity contribution in [3.63, 3.8) is 0 Å². The molecule has 1 atom stereocenters. The molecule has 0 aromatic heterocycles. The van der Waals surface area contributed by atoms with Gasteiger partial charge in [0.25, 0.3) is 5.91 Å². The molecule has 0 aliphatic rings. The van der Waals surface area contributed by atoms with Gasteiger partial charge < -0.3 is 26.2 Å². The van der Waals surface area contributed by atoms with E-state index >= 15 is 0 Å². The summed E-state index contributed by atoms with van der Waals surface area (Å²) in [4.78, 5) is 48.2. The van der Waals surface area contributed by atoms with E-state index in [2.05, 4.69) is 16.0 Å². The first-order valence-corrected chi connectivity index (χ1v) is 10.6. The maximum atomic E-state index is 13.0. The van der Waals surface area contributed by atoms with Crippen LogP contribution in [0.25, 0.3) is 10.8 Å². The first-order valence-electron chi connectivity index (χ1n) is 10.6. The number of carbonyl (C=O) groups excluding carboxylic acids is 2. The maximum absolute atomic E-state index is 13.0. The average molecular weight is 463 g/mol. The Morgan fingerprint density at radius 3 is 2.06 bits per heavy atom. The fourth-order valence-electron chi connectivity index (χ4n) is 3.57. The van der Waals surface area contributed by atoms with Crippen molar-refractivity contribution in [2.45, 2.75) is 32.7 Å². The van der Waals surface area contributed by atoms with E-state index < -0.39 is 36.3 Å². The fourth-order valence-corrected chi connectivity index (χ4v) is 3.57. The van der Waals surface area contributed by atoms with Crippen molar-refractivity contribution in [3.8, 4) is 0 Å². The molecule has 0 radical (unpaired) electrons. The van der Waals surface area contributed by atoms with E-state index in [1.165, 1.54) is 0 Å². The summed E-state index contributed by atoms with van der Waals surface area (Å²) in [7, 11) is 0. The topological polar surface area (TPSA) is 145 Å². The number of urea groups is 1. The quantitative estimate of drug-likeness (QED) is 0.339. The minimum absolute atomic E-state index is 0.0527. The molecule has 9 heteroatoms. The number of nitrogens with one attached hydrogen (secondary N) is 3. The van der Waals surface area contributed by atoms with Crippen LogP contribution < -0.4 is 16.0 Å². The van der Waals surface area contributed by atoms with E-state index in [1.54, 1.807) is 24.3 Å². The van der Waals surface area contributed by atoms with Crippen LogP contribution in [-0.2, 0) is 9.59 Å². The molecule has 0 spiro atoms. The Morgan fingerprint density at radius 2 is 1.47 bits per heavy atom. The number of aryl methyl sites for hydroxylation is 2. The third kappa shape index (κ3) is 5.89. The van der Waals surface area contributed by atoms with Gasteiger partial charge in [-0.1, -0.05) is 42.5 Å². The highest BCUT2D eigenvalue weighted by Gasteiger charge is 2.24. The molecular formula is C25H25N3O6. The molecule has 9 nitrogen and oxygen atoms in total. The van der Waals surface area contributed by atoms with Crippen LogP contribution in [0.15, 0.2) is 54.6 Å². The van der Waals surface area contributed by atoms with Crippen molar-refractivity contribution in [1.82, 2.24) is 5.32 Å². The highest BCUT2D eigenvalue weighted by molar-refractivity contribution is 6.10. The van der Waals surface area contributed by atoms with Gasteiger partial charge in [0.15, 0.2) is 0 Å². The molecule has 176 valence electrons. The van der Waals surface area contributed by atoms with Crippen molar-refractivity contribution in [2.24, 2.45) is 0 Å². The SMILES string of the molecule is Cc1cccc(C)c1NC(=O)Nc1cc2ccccc2cc1C(=O)N[C@@H](CCC(=O)O)C(=O)O. The third-order valence-electron chi connectivity index (χ3n) is 5.35. The van der Waals surface area contributed by atoms with Crippen LogP contribution in [0.5, 0.6) is 0 Å². The van der Waals surface area contributed by atoms with E-state index in [0.717, 1.165) is 16.5 Å². The summed E-state index contributed by atoms with van der Waals surface area (Å²) in [6.07, 6.45) is -0.696. The first-order chi connectivity index (χ1) is 16.2. The monoisotopic (exact) mass is 463 g/mol. The van der Waals surface area contributed by atoms with Gasteiger partial charge in [-0.05, 0) is 54.3 Å². The number of carbonyl (C=O) groups is 4. The second-order valence-electron chi connectivity index (χ2n) is 7.89. The highest BCUT2D eigenvalue weighted by Crippen LogP contribution is 2.26. The number of carboxylic acids is 2. The first kappa shape index (κ1) is 24.2. The second-order valence-corrected chi connectivity index (χ2v) is 7.89. The molecule has 0 bridgehead atoms. The molecule has 5 N–H and O–H groups in total. The molecular weight excluding hydrogens is 438 g/mol. The summed E-state index contributed by atoms with van der Waals surface area (Å²) < 4.78 is 0. The fraction of sp³-hybridized carbons (Fsp3) is 0.200. The molecule has 0 heterocycles. The van der Waals surface area contributed by atoms with E-state index in [9.17, 15) is 24.3 Å². The van der Waals surface area contributed by atoms with Crippen LogP contribution in [0.1, 0.15) is 34.3 Å². The van der Waals surface area contributed by atoms with Crippen LogP contribution in [0.3, 0.4) is 0 Å². The summed E-state index contributed by atoms with van der Waals surface area (Å²) >= 11 is 0. The number of para-hydroxylation sites is 1. The molecule has 34 heavy (non-hydrogen) atoms. The number of anilines is 2. The van der Waals surface area contributed by atoms with Crippen LogP contribution in [0.4, 0.5) is 16.2 Å². The number of hydrogen-bond donors (Lipinski definition) is 5. The van der Waals surface area contributed by atoms with E-state index in [4.69, 9.17) is 5.11 Å². The number of aliphatic carboxylic acids is 2. The lowest BCUT2D eigenvalue weighted by Crippen LogP contribution is -2.41. The van der Waals surface area contributed by atoms with E-state index in [1.807, 2.05) is 44.2 Å². The number of amides is 3. The standard InChI is InChI=1S/C25H25N3O6/c1-14-6-5-7-15(2)22(14)28-25(34)27-20-13-17-9-4-3-8-16(17)12-18(20)23(31)26-19(24(32)33)10-11-21(29)30/h3-9,12-13,19H,10-11H2,1-2H3,(H,26,31)(H,29,30)(H,32,33)(H2,27,28,34)/t19-/m0/s1. The molecule has 3 aromatic carbocycles. The summed E-state index contributed by atoms with van der Waals surface area (Å²) in [6, 6.07) is 14.0. The summed E-state index contributed by atoms with van der Waals surface area (Å²) in [5.41, 5.74) is 2.62. The minimum atomic E-state index is -1.40. The van der Waals surface area contributed by atoms with Gasteiger partial charge in [0, 0.05) is 12.1 Å². The van der Waals surface area contributed by atoms with Crippen LogP contribution in [0.2, 0.25) is 0 Å². The minimum Gasteiger partial charge on any atom is -0.481 e. The Kier molecular flexibility index (Phi) is 7.47. The second kappa shape index (κ2) is 10.5. The van der Waals surface area contributed by atoms with Crippen LogP contribution in [0, 0.1) is 13.8 Å². The van der Waals surface area contributed by atoms with E-state index in [0.29, 0.717) is 11.1 Å². The van der Waals surface area contributed by atoms with Gasteiger partial charge in [0.1, 0.15) is 6.04 Å². The average Bonchev–Trinajstić information content (AvgIpc) is 2.78. The summed E-state index contributed by atoms with van der Waals surface area (Å²) in [6.45, 7) is 3.72. The van der Waals surface area contributed by atoms with Gasteiger partial charge in [-0.15, -0.1) is 0 Å². The molecule has 3 rings (SSSR count). The number of rotatable bonds is 8. The predicted molar refractivity (Wildman–Crippen MR) is 128 cm³/mol. The van der Waals surface area contributed by atoms with Gasteiger partial charge >= 0.3 is 18.0 Å². The Balaban J connectivity index is 1.91. The van der Waals surface area contributed by atoms with Crippen molar-refractivity contribution in [3.05, 3.63) is 71.3 Å². The van der Waals surface area contributed by atoms with Crippen molar-refractivity contribution in [1.29, 1.82) is 0 Å². The Labute approximate surface area is 195 Å². The van der Waals surface area contributed by atoms with Gasteiger partial charge in [-0.25, -0.2) is 9.59 Å². The van der Waals surface area contributed by atoms with Gasteiger partial charge in [-0.3, -0.25) is 9.59 Å². The summed E-state index contributed by atoms with van der Waals surface area (Å²) in [5.74, 6) is -3.26. The molecule has 0 fully saturated rings. The lowest BCUT2D eigenvalue weighted by atomic mass is 10.0. The van der Waals surface area contributed by atoms with E-state index in [-0.39, 0.29) is 17.7 Å². The zero-order valence-electron chi connectivity index (χ0n) is 18.7. The normalized spacial score (nSPS) is 11.5. The number of fused-ring (bicyclic) bond motifs is 1. The van der Waals surface area contributed by atoms with Crippen LogP contribution in [-0.4, -0.2) is 40.1 Å². The predicted octanol–water partition coefficient (Wildman–Crippen LogP) is 4.15. The summed E-state index contributed by atoms with van der Waals surface area (Å²) in [5, 5.41) is 27.6. The lowest BCUT2D eigenvalue weighted by Gasteiger charge is -2.18. The van der Waals surface area contributed by atoms with Crippen molar-refractivity contribution >= 4 is 46.0 Å². The molecule has 0 saturated carbocycles. The Bertz CT molecular complexity index is 1250. The van der Waals surface area contributed by atoms with Crippen molar-refractivity contribution in [2.75, 3.05) is 10.6 Å². The highest BCUT2D eigenvalue weighted by atomic mass is 16.4. The molecule has 0 saturated heterocycles. The molecule has 0 aliphatic carbocycles. The molecule has 0 unspecified atom stereocenters. The Hall–Kier alpha value is -4.40. The van der Waals surface area contributed by atoms with Crippen LogP contribution >= 0.6 is 0 Å². The number of carboxylic acid groups (broad SMARTS) is 2. The Morgan fingerprint density at radius 1 is 0.853 bits per heavy atom. The smallest absolute Gasteiger partial charge is 0.326 e.